The Labute approximate surface area is 229 Å². The summed E-state index contributed by atoms with van der Waals surface area (Å²) >= 11 is 3.64. The fourth-order valence-electron chi connectivity index (χ4n) is 6.48. The maximum Gasteiger partial charge on any atom is 0.141 e. The van der Waals surface area contributed by atoms with Gasteiger partial charge in [-0.1, -0.05) is 119 Å². The predicted molar refractivity (Wildman–Crippen MR) is 167 cm³/mol. The van der Waals surface area contributed by atoms with Crippen molar-refractivity contribution in [3.05, 3.63) is 103 Å². The van der Waals surface area contributed by atoms with Gasteiger partial charge in [-0.15, -0.1) is 0 Å². The summed E-state index contributed by atoms with van der Waals surface area (Å²) in [6.07, 6.45) is 2.22. The van der Waals surface area contributed by atoms with Gasteiger partial charge in [-0.25, -0.2) is 4.98 Å². The third kappa shape index (κ3) is 3.09. The molecule has 3 heteroatoms. The molecule has 0 aliphatic rings. The van der Waals surface area contributed by atoms with Gasteiger partial charge in [0.25, 0.3) is 0 Å². The molecule has 182 valence electrons. The Morgan fingerprint density at radius 3 is 1.95 bits per heavy atom. The minimum absolute atomic E-state index is 0.932. The van der Waals surface area contributed by atoms with Crippen molar-refractivity contribution in [2.75, 3.05) is 5.33 Å². The maximum atomic E-state index is 5.47. The van der Waals surface area contributed by atoms with Crippen molar-refractivity contribution in [2.45, 2.75) is 19.4 Å². The molecule has 0 unspecified atom stereocenters. The molecule has 0 radical (unpaired) electrons. The van der Waals surface area contributed by atoms with Crippen LogP contribution in [0.5, 0.6) is 0 Å². The van der Waals surface area contributed by atoms with E-state index in [-0.39, 0.29) is 0 Å². The number of hydrogen-bond acceptors (Lipinski definition) is 1. The third-order valence-corrected chi connectivity index (χ3v) is 8.72. The molecular formula is C35H25BrN2. The Morgan fingerprint density at radius 1 is 0.553 bits per heavy atom. The number of aryl methyl sites for hydroxylation is 1. The van der Waals surface area contributed by atoms with Crippen LogP contribution in [-0.2, 0) is 6.54 Å². The molecule has 7 aromatic carbocycles. The van der Waals surface area contributed by atoms with Gasteiger partial charge in [0.05, 0.1) is 11.0 Å². The van der Waals surface area contributed by atoms with Crippen LogP contribution in [0.2, 0.25) is 0 Å². The summed E-state index contributed by atoms with van der Waals surface area (Å²) in [4.78, 5) is 5.47. The topological polar surface area (TPSA) is 17.8 Å². The fraction of sp³-hybridized carbons (Fsp3) is 0.114. The van der Waals surface area contributed by atoms with Crippen LogP contribution in [0.25, 0.3) is 76.3 Å². The minimum Gasteiger partial charge on any atom is -0.323 e. The molecule has 0 saturated carbocycles. The van der Waals surface area contributed by atoms with E-state index in [4.69, 9.17) is 4.98 Å². The molecule has 0 fully saturated rings. The van der Waals surface area contributed by atoms with E-state index in [9.17, 15) is 0 Å². The number of alkyl halides is 1. The number of aromatic nitrogens is 2. The van der Waals surface area contributed by atoms with Gasteiger partial charge in [-0.3, -0.25) is 0 Å². The summed E-state index contributed by atoms with van der Waals surface area (Å²) in [7, 11) is 0. The lowest BCUT2D eigenvalue weighted by atomic mass is 9.92. The highest BCUT2D eigenvalue weighted by Crippen LogP contribution is 2.42. The quantitative estimate of drug-likeness (QED) is 0.118. The molecule has 8 aromatic rings. The summed E-state index contributed by atoms with van der Waals surface area (Å²) in [5, 5.41) is 13.9. The van der Waals surface area contributed by atoms with E-state index in [0.717, 1.165) is 36.1 Å². The van der Waals surface area contributed by atoms with E-state index in [1.54, 1.807) is 0 Å². The molecule has 8 rings (SSSR count). The first-order valence-electron chi connectivity index (χ1n) is 13.4. The van der Waals surface area contributed by atoms with Gasteiger partial charge < -0.3 is 4.57 Å². The highest BCUT2D eigenvalue weighted by atomic mass is 79.9. The van der Waals surface area contributed by atoms with Crippen LogP contribution >= 0.6 is 15.9 Å². The molecule has 0 aliphatic carbocycles. The number of unbranched alkanes of at least 4 members (excludes halogenated alkanes) is 1. The van der Waals surface area contributed by atoms with Gasteiger partial charge in [0, 0.05) is 28.2 Å². The number of rotatable bonds is 5. The lowest BCUT2D eigenvalue weighted by Gasteiger charge is -2.15. The Bertz CT molecular complexity index is 2140. The van der Waals surface area contributed by atoms with Gasteiger partial charge >= 0.3 is 0 Å². The molecule has 2 nitrogen and oxygen atoms in total. The SMILES string of the molecule is BrCCCCn1c(-c2ccc3ccc4cccc5ccc2c3c45)nc2c3ccccc3c3ccccc3c21. The van der Waals surface area contributed by atoms with Gasteiger partial charge in [-0.2, -0.15) is 0 Å². The Balaban J connectivity index is 1.53. The van der Waals surface area contributed by atoms with Crippen LogP contribution < -0.4 is 0 Å². The highest BCUT2D eigenvalue weighted by Gasteiger charge is 2.21. The van der Waals surface area contributed by atoms with Crippen LogP contribution in [0.3, 0.4) is 0 Å². The van der Waals surface area contributed by atoms with Crippen LogP contribution in [0.4, 0.5) is 0 Å². The zero-order valence-electron chi connectivity index (χ0n) is 20.9. The van der Waals surface area contributed by atoms with Gasteiger partial charge in [0.1, 0.15) is 5.82 Å². The molecular weight excluding hydrogens is 528 g/mol. The normalized spacial score (nSPS) is 12.2. The molecule has 0 aliphatic heterocycles. The van der Waals surface area contributed by atoms with Gasteiger partial charge in [0.15, 0.2) is 0 Å². The minimum atomic E-state index is 0.932. The van der Waals surface area contributed by atoms with Crippen LogP contribution in [-0.4, -0.2) is 14.9 Å². The lowest BCUT2D eigenvalue weighted by molar-refractivity contribution is 0.657. The summed E-state index contributed by atoms with van der Waals surface area (Å²) in [5.74, 6) is 1.06. The van der Waals surface area contributed by atoms with Crippen molar-refractivity contribution in [1.82, 2.24) is 9.55 Å². The average Bonchev–Trinajstić information content (AvgIpc) is 3.36. The molecule has 0 spiro atoms. The molecule has 1 heterocycles. The third-order valence-electron chi connectivity index (χ3n) is 8.16. The highest BCUT2D eigenvalue weighted by molar-refractivity contribution is 9.09. The summed E-state index contributed by atoms with van der Waals surface area (Å²) in [5.41, 5.74) is 3.55. The van der Waals surface area contributed by atoms with E-state index < -0.39 is 0 Å². The molecule has 0 bridgehead atoms. The Morgan fingerprint density at radius 2 is 1.18 bits per heavy atom. The van der Waals surface area contributed by atoms with E-state index in [0.29, 0.717) is 0 Å². The molecule has 38 heavy (non-hydrogen) atoms. The summed E-state index contributed by atoms with van der Waals surface area (Å²) in [6.45, 7) is 0.932. The first kappa shape index (κ1) is 22.1. The van der Waals surface area contributed by atoms with Crippen LogP contribution in [0.1, 0.15) is 12.8 Å². The van der Waals surface area contributed by atoms with Crippen molar-refractivity contribution < 1.29 is 0 Å². The number of benzene rings is 7. The smallest absolute Gasteiger partial charge is 0.141 e. The first-order valence-corrected chi connectivity index (χ1v) is 14.5. The van der Waals surface area contributed by atoms with Crippen molar-refractivity contribution >= 4 is 80.8 Å². The maximum absolute atomic E-state index is 5.47. The van der Waals surface area contributed by atoms with E-state index >= 15 is 0 Å². The van der Waals surface area contributed by atoms with Crippen LogP contribution in [0, 0.1) is 0 Å². The summed E-state index contributed by atoms with van der Waals surface area (Å²) in [6, 6.07) is 37.8. The number of nitrogens with zero attached hydrogens (tertiary/aromatic N) is 2. The first-order chi connectivity index (χ1) is 18.8. The predicted octanol–water partition coefficient (Wildman–Crippen LogP) is 10.1. The molecule has 0 atom stereocenters. The molecule has 1 aromatic heterocycles. The van der Waals surface area contributed by atoms with Gasteiger partial charge in [0.2, 0.25) is 0 Å². The monoisotopic (exact) mass is 552 g/mol. The van der Waals surface area contributed by atoms with E-state index in [1.165, 1.54) is 64.9 Å². The molecule has 0 N–H and O–H groups in total. The number of hydrogen-bond donors (Lipinski definition) is 0. The molecule has 0 saturated heterocycles. The van der Waals surface area contributed by atoms with Crippen molar-refractivity contribution in [3.63, 3.8) is 0 Å². The number of halogens is 1. The summed E-state index contributed by atoms with van der Waals surface area (Å²) < 4.78 is 2.50. The Hall–Kier alpha value is -3.95. The van der Waals surface area contributed by atoms with E-state index in [2.05, 4.69) is 124 Å². The Kier molecular flexibility index (Phi) is 4.96. The van der Waals surface area contributed by atoms with Crippen molar-refractivity contribution in [1.29, 1.82) is 0 Å². The number of fused-ring (bicyclic) bond motifs is 6. The second kappa shape index (κ2) is 8.54. The average molecular weight is 554 g/mol. The zero-order chi connectivity index (χ0) is 25.2. The second-order valence-electron chi connectivity index (χ2n) is 10.2. The van der Waals surface area contributed by atoms with E-state index in [1.807, 2.05) is 0 Å². The number of imidazole rings is 1. The fourth-order valence-corrected chi connectivity index (χ4v) is 6.88. The lowest BCUT2D eigenvalue weighted by Crippen LogP contribution is -2.02. The second-order valence-corrected chi connectivity index (χ2v) is 11.0. The largest absolute Gasteiger partial charge is 0.323 e. The van der Waals surface area contributed by atoms with Crippen molar-refractivity contribution in [3.8, 4) is 11.4 Å². The van der Waals surface area contributed by atoms with Gasteiger partial charge in [-0.05, 0) is 55.9 Å². The standard InChI is InChI=1S/C35H25BrN2/c36-20-5-6-21-38-34-29-13-4-2-11-26(29)25-10-1-3-12-28(25)33(34)37-35(38)30-19-17-24-15-14-22-8-7-9-23-16-18-27(30)32(24)31(22)23/h1-4,7-19H,5-6,20-21H2. The zero-order valence-corrected chi connectivity index (χ0v) is 22.5. The van der Waals surface area contributed by atoms with Crippen LogP contribution in [0.15, 0.2) is 103 Å². The molecule has 0 amide bonds. The van der Waals surface area contributed by atoms with Crippen molar-refractivity contribution in [2.24, 2.45) is 0 Å².